The molecule has 11 N–H and O–H groups in total. The monoisotopic (exact) mass is 361 g/mol. The quantitative estimate of drug-likeness (QED) is 0.296. The number of carbonyl (C=O) groups excluding carboxylic acids is 2. The van der Waals surface area contributed by atoms with E-state index in [0.29, 0.717) is 0 Å². The van der Waals surface area contributed by atoms with Gasteiger partial charge in [0.1, 0.15) is 6.10 Å². The Hall–Kier alpha value is -0.570. The summed E-state index contributed by atoms with van der Waals surface area (Å²) in [6, 6.07) is 0. The van der Waals surface area contributed by atoms with Crippen LogP contribution < -0.4 is 16.4 Å². The molecular formula is C9H23CaNO11. The van der Waals surface area contributed by atoms with Gasteiger partial charge < -0.3 is 57.3 Å². The third-order valence-corrected chi connectivity index (χ3v) is 1.04. The van der Waals surface area contributed by atoms with Gasteiger partial charge in [-0.2, -0.15) is 0 Å². The van der Waals surface area contributed by atoms with E-state index in [1.807, 2.05) is 0 Å². The molecule has 0 rings (SSSR count). The van der Waals surface area contributed by atoms with E-state index < -0.39 is 36.2 Å². The van der Waals surface area contributed by atoms with Crippen LogP contribution >= 0.6 is 0 Å². The van der Waals surface area contributed by atoms with Crippen LogP contribution in [-0.2, 0) is 14.4 Å². The van der Waals surface area contributed by atoms with E-state index in [9.17, 15) is 24.6 Å². The molecule has 0 aliphatic rings. The van der Waals surface area contributed by atoms with Crippen molar-refractivity contribution in [1.29, 1.82) is 0 Å². The van der Waals surface area contributed by atoms with Crippen molar-refractivity contribution in [1.82, 2.24) is 6.15 Å². The summed E-state index contributed by atoms with van der Waals surface area (Å²) < 4.78 is 0. The normalized spacial score (nSPS) is 11.2. The topological polar surface area (TPSA) is 276 Å². The zero-order valence-electron chi connectivity index (χ0n) is 12.5. The first-order chi connectivity index (χ1) is 7.93. The van der Waals surface area contributed by atoms with Crippen molar-refractivity contribution in [2.45, 2.75) is 39.1 Å². The first-order valence-corrected chi connectivity index (χ1v) is 4.62. The zero-order chi connectivity index (χ0) is 15.5. The minimum atomic E-state index is -1.44. The van der Waals surface area contributed by atoms with Gasteiger partial charge in [0.15, 0.2) is 0 Å². The second-order valence-electron chi connectivity index (χ2n) is 3.00. The summed E-state index contributed by atoms with van der Waals surface area (Å²) in [5, 5.41) is 50.4. The zero-order valence-corrected chi connectivity index (χ0v) is 14.7. The maximum atomic E-state index is 9.45. The number of carboxylic acid groups (broad SMARTS) is 3. The molecular weight excluding hydrogens is 338 g/mol. The van der Waals surface area contributed by atoms with Gasteiger partial charge in [-0.3, -0.25) is 0 Å². The Balaban J connectivity index is -0.0000000281. The molecule has 0 aromatic carbocycles. The van der Waals surface area contributed by atoms with E-state index in [-0.39, 0.29) is 54.8 Å². The average molecular weight is 361 g/mol. The van der Waals surface area contributed by atoms with Crippen LogP contribution in [0.2, 0.25) is 0 Å². The number of aliphatic carboxylic acids is 3. The summed E-state index contributed by atoms with van der Waals surface area (Å²) in [6.45, 7) is 3.47. The van der Waals surface area contributed by atoms with E-state index >= 15 is 0 Å². The minimum Gasteiger partial charge on any atom is -0.547 e. The molecule has 3 atom stereocenters. The molecule has 0 aromatic heterocycles. The SMILES string of the molecule is CC(O)C(=O)O.CC(O)C(=O)[O-].CC(O)C(=O)[O-].N.O.O.[Ca+2]. The van der Waals surface area contributed by atoms with Crippen LogP contribution in [0.15, 0.2) is 0 Å². The Bertz CT molecular complexity index is 227. The Morgan fingerprint density at radius 1 is 0.773 bits per heavy atom. The molecule has 0 saturated carbocycles. The maximum Gasteiger partial charge on any atom is 2.00 e. The average Bonchev–Trinajstić information content (AvgIpc) is 2.18. The first-order valence-electron chi connectivity index (χ1n) is 4.62. The predicted octanol–water partition coefficient (Wildman–Crippen LogP) is -6.18. The Morgan fingerprint density at radius 3 is 0.864 bits per heavy atom. The molecule has 0 spiro atoms. The number of aliphatic hydroxyl groups excluding tert-OH is 3. The van der Waals surface area contributed by atoms with Crippen molar-refractivity contribution in [2.24, 2.45) is 0 Å². The van der Waals surface area contributed by atoms with E-state index in [1.165, 1.54) is 6.92 Å². The van der Waals surface area contributed by atoms with Crippen molar-refractivity contribution < 1.29 is 56.0 Å². The van der Waals surface area contributed by atoms with Crippen molar-refractivity contribution in [3.8, 4) is 0 Å². The largest absolute Gasteiger partial charge is 2.00 e. The van der Waals surface area contributed by atoms with Crippen molar-refractivity contribution >= 4 is 55.6 Å². The molecule has 0 aliphatic carbocycles. The summed E-state index contributed by atoms with van der Waals surface area (Å²) in [4.78, 5) is 28.1. The molecule has 0 aromatic rings. The van der Waals surface area contributed by atoms with Crippen molar-refractivity contribution in [2.75, 3.05) is 0 Å². The smallest absolute Gasteiger partial charge is 0.547 e. The molecule has 0 amide bonds. The van der Waals surface area contributed by atoms with Gasteiger partial charge in [0.25, 0.3) is 0 Å². The molecule has 0 saturated heterocycles. The third-order valence-electron chi connectivity index (χ3n) is 1.04. The molecule has 0 bridgehead atoms. The molecule has 12 nitrogen and oxygen atoms in total. The van der Waals surface area contributed by atoms with Crippen LogP contribution in [-0.4, -0.2) is 105 Å². The number of rotatable bonds is 3. The summed E-state index contributed by atoms with van der Waals surface area (Å²) in [7, 11) is 0. The fourth-order valence-corrected chi connectivity index (χ4v) is 0. The summed E-state index contributed by atoms with van der Waals surface area (Å²) >= 11 is 0. The Kier molecular flexibility index (Phi) is 49.6. The predicted molar refractivity (Wildman–Crippen MR) is 70.7 cm³/mol. The van der Waals surface area contributed by atoms with Crippen LogP contribution in [0.1, 0.15) is 20.8 Å². The number of aliphatic hydroxyl groups is 3. The summed E-state index contributed by atoms with van der Waals surface area (Å²) in [5.74, 6) is -4.06. The molecule has 0 heterocycles. The Morgan fingerprint density at radius 2 is 0.864 bits per heavy atom. The van der Waals surface area contributed by atoms with Gasteiger partial charge in [-0.15, -0.1) is 0 Å². The molecule has 3 unspecified atom stereocenters. The van der Waals surface area contributed by atoms with Crippen LogP contribution in [0.25, 0.3) is 0 Å². The van der Waals surface area contributed by atoms with E-state index in [2.05, 4.69) is 0 Å². The van der Waals surface area contributed by atoms with Crippen LogP contribution in [0.4, 0.5) is 0 Å². The van der Waals surface area contributed by atoms with E-state index in [1.54, 1.807) is 0 Å². The van der Waals surface area contributed by atoms with Gasteiger partial charge in [-0.1, -0.05) is 0 Å². The van der Waals surface area contributed by atoms with Gasteiger partial charge in [0, 0.05) is 0 Å². The van der Waals surface area contributed by atoms with Gasteiger partial charge in [0.2, 0.25) is 0 Å². The van der Waals surface area contributed by atoms with Crippen molar-refractivity contribution in [3.05, 3.63) is 0 Å². The minimum absolute atomic E-state index is 0. The molecule has 13 heteroatoms. The van der Waals surface area contributed by atoms with Crippen LogP contribution in [0.3, 0.4) is 0 Å². The summed E-state index contributed by atoms with van der Waals surface area (Å²) in [5.41, 5.74) is 0. The maximum absolute atomic E-state index is 9.45. The second kappa shape index (κ2) is 25.4. The number of hydrogen-bond donors (Lipinski definition) is 5. The van der Waals surface area contributed by atoms with Gasteiger partial charge in [-0.05, 0) is 20.8 Å². The molecule has 0 aliphatic heterocycles. The Labute approximate surface area is 156 Å². The van der Waals surface area contributed by atoms with E-state index in [0.717, 1.165) is 13.8 Å². The number of hydrogen-bond acceptors (Lipinski definition) is 9. The standard InChI is InChI=1S/3C3H6O3.Ca.H3N.2H2O/c3*1-2(4)3(5)6;;;;/h3*2,4H,1H3,(H,5,6);;1H3;2*1H2/q;;;+2;;;/p-2. The van der Waals surface area contributed by atoms with Gasteiger partial charge >= 0.3 is 43.7 Å². The molecule has 0 fully saturated rings. The van der Waals surface area contributed by atoms with Crippen molar-refractivity contribution in [3.63, 3.8) is 0 Å². The van der Waals surface area contributed by atoms with Crippen LogP contribution in [0.5, 0.6) is 0 Å². The number of carboxylic acids is 3. The molecule has 22 heavy (non-hydrogen) atoms. The first kappa shape index (κ1) is 43.0. The van der Waals surface area contributed by atoms with Gasteiger partial charge in [0.05, 0.1) is 24.1 Å². The second-order valence-corrected chi connectivity index (χ2v) is 3.00. The van der Waals surface area contributed by atoms with Crippen LogP contribution in [0, 0.1) is 0 Å². The number of carbonyl (C=O) groups is 3. The molecule has 132 valence electrons. The van der Waals surface area contributed by atoms with Gasteiger partial charge in [-0.25, -0.2) is 4.79 Å². The third kappa shape index (κ3) is 50.5. The fraction of sp³-hybridized carbons (Fsp3) is 0.667. The fourth-order valence-electron chi connectivity index (χ4n) is 0. The van der Waals surface area contributed by atoms with E-state index in [4.69, 9.17) is 20.4 Å². The molecule has 0 radical (unpaired) electrons. The summed E-state index contributed by atoms with van der Waals surface area (Å²) in [6.07, 6.45) is -3.92.